The van der Waals surface area contributed by atoms with E-state index in [4.69, 9.17) is 4.42 Å². The summed E-state index contributed by atoms with van der Waals surface area (Å²) in [5.41, 5.74) is 1.65. The molecule has 0 spiro atoms. The number of hydrogen-bond acceptors (Lipinski definition) is 7. The molecule has 3 aromatic rings. The first-order chi connectivity index (χ1) is 13.1. The van der Waals surface area contributed by atoms with Crippen molar-refractivity contribution < 1.29 is 4.42 Å². The third kappa shape index (κ3) is 3.81. The summed E-state index contributed by atoms with van der Waals surface area (Å²) in [6.07, 6.45) is 5.43. The molecule has 0 aromatic carbocycles. The quantitative estimate of drug-likeness (QED) is 0.688. The number of nitrogens with one attached hydrogen (secondary N) is 2. The van der Waals surface area contributed by atoms with E-state index in [1.807, 2.05) is 13.0 Å². The number of H-pyrrole nitrogens is 1. The van der Waals surface area contributed by atoms with Gasteiger partial charge in [-0.3, -0.25) is 4.90 Å². The molecule has 1 aliphatic rings. The Balaban J connectivity index is 1.35. The maximum absolute atomic E-state index is 5.84. The zero-order chi connectivity index (χ0) is 18.8. The van der Waals surface area contributed by atoms with Crippen LogP contribution in [0, 0.1) is 6.92 Å². The number of aromatic nitrogens is 4. The second kappa shape index (κ2) is 7.66. The van der Waals surface area contributed by atoms with Crippen molar-refractivity contribution in [3.05, 3.63) is 36.3 Å². The molecule has 0 radical (unpaired) electrons. The van der Waals surface area contributed by atoms with E-state index in [1.165, 1.54) is 0 Å². The fraction of sp³-hybridized carbons (Fsp3) is 0.526. The number of likely N-dealkylation sites (N-methyl/N-ethyl adjacent to an activating group) is 1. The molecule has 0 aliphatic carbocycles. The highest BCUT2D eigenvalue weighted by molar-refractivity contribution is 5.82. The maximum atomic E-state index is 5.84. The van der Waals surface area contributed by atoms with Crippen molar-refractivity contribution in [1.82, 2.24) is 30.2 Å². The van der Waals surface area contributed by atoms with Crippen LogP contribution in [0.5, 0.6) is 0 Å². The van der Waals surface area contributed by atoms with Gasteiger partial charge >= 0.3 is 0 Å². The van der Waals surface area contributed by atoms with Gasteiger partial charge in [0.15, 0.2) is 11.5 Å². The first-order valence-electron chi connectivity index (χ1n) is 9.47. The van der Waals surface area contributed by atoms with Gasteiger partial charge < -0.3 is 19.6 Å². The van der Waals surface area contributed by atoms with Gasteiger partial charge in [-0.15, -0.1) is 0 Å². The van der Waals surface area contributed by atoms with E-state index < -0.39 is 0 Å². The lowest BCUT2D eigenvalue weighted by Gasteiger charge is -2.34. The van der Waals surface area contributed by atoms with Crippen LogP contribution in [0.2, 0.25) is 0 Å². The second-order valence-electron chi connectivity index (χ2n) is 7.40. The van der Waals surface area contributed by atoms with Crippen molar-refractivity contribution in [3.63, 3.8) is 0 Å². The summed E-state index contributed by atoms with van der Waals surface area (Å²) in [6, 6.07) is 4.85. The van der Waals surface area contributed by atoms with Crippen molar-refractivity contribution in [3.8, 4) is 0 Å². The molecule has 3 aromatic heterocycles. The topological polar surface area (TPSA) is 86.1 Å². The zero-order valence-corrected chi connectivity index (χ0v) is 16.1. The van der Waals surface area contributed by atoms with E-state index in [-0.39, 0.29) is 6.04 Å². The zero-order valence-electron chi connectivity index (χ0n) is 16.1. The normalized spacial score (nSPS) is 17.1. The predicted octanol–water partition coefficient (Wildman–Crippen LogP) is 2.12. The third-order valence-corrected chi connectivity index (χ3v) is 5.31. The Morgan fingerprint density at radius 3 is 2.78 bits per heavy atom. The Bertz CT molecular complexity index is 879. The fourth-order valence-electron chi connectivity index (χ4n) is 3.74. The number of rotatable bonds is 6. The first kappa shape index (κ1) is 17.9. The Labute approximate surface area is 159 Å². The lowest BCUT2D eigenvalue weighted by molar-refractivity contribution is 0.236. The molecular weight excluding hydrogens is 342 g/mol. The van der Waals surface area contributed by atoms with Crippen LogP contribution in [0.25, 0.3) is 11.2 Å². The van der Waals surface area contributed by atoms with Crippen LogP contribution in [0.3, 0.4) is 0 Å². The van der Waals surface area contributed by atoms with Crippen LogP contribution in [0.1, 0.15) is 30.4 Å². The molecule has 8 nitrogen and oxygen atoms in total. The van der Waals surface area contributed by atoms with Crippen LogP contribution in [-0.4, -0.2) is 64.6 Å². The SMILES string of the molecule is Cc1ccc([C@@H](CNC2CCN(c3ncnc4nc[nH]c34)CC2)N(C)C)o1. The number of furan rings is 1. The maximum Gasteiger partial charge on any atom is 0.182 e. The number of anilines is 1. The molecule has 8 heteroatoms. The highest BCUT2D eigenvalue weighted by atomic mass is 16.3. The number of nitrogens with zero attached hydrogens (tertiary/aromatic N) is 5. The van der Waals surface area contributed by atoms with Crippen molar-refractivity contribution in [1.29, 1.82) is 0 Å². The highest BCUT2D eigenvalue weighted by Gasteiger charge is 2.24. The number of aromatic amines is 1. The van der Waals surface area contributed by atoms with E-state index >= 15 is 0 Å². The number of fused-ring (bicyclic) bond motifs is 1. The minimum Gasteiger partial charge on any atom is -0.465 e. The van der Waals surface area contributed by atoms with Crippen molar-refractivity contribution in [2.24, 2.45) is 0 Å². The molecular formula is C19H27N7O. The van der Waals surface area contributed by atoms with Crippen LogP contribution in [-0.2, 0) is 0 Å². The molecule has 1 saturated heterocycles. The van der Waals surface area contributed by atoms with Gasteiger partial charge in [0.1, 0.15) is 23.4 Å². The lowest BCUT2D eigenvalue weighted by atomic mass is 10.0. The summed E-state index contributed by atoms with van der Waals surface area (Å²) in [5.74, 6) is 2.93. The van der Waals surface area contributed by atoms with Gasteiger partial charge in [-0.2, -0.15) is 0 Å². The molecule has 144 valence electrons. The summed E-state index contributed by atoms with van der Waals surface area (Å²) < 4.78 is 5.84. The minimum atomic E-state index is 0.239. The summed E-state index contributed by atoms with van der Waals surface area (Å²) in [4.78, 5) is 20.6. The fourth-order valence-corrected chi connectivity index (χ4v) is 3.74. The van der Waals surface area contributed by atoms with Crippen molar-refractivity contribution in [2.75, 3.05) is 38.6 Å². The summed E-state index contributed by atoms with van der Waals surface area (Å²) >= 11 is 0. The Hall–Kier alpha value is -2.45. The molecule has 0 amide bonds. The van der Waals surface area contributed by atoms with Crippen molar-refractivity contribution in [2.45, 2.75) is 31.8 Å². The summed E-state index contributed by atoms with van der Waals surface area (Å²) in [7, 11) is 4.19. The summed E-state index contributed by atoms with van der Waals surface area (Å²) in [5, 5.41) is 3.73. The number of hydrogen-bond donors (Lipinski definition) is 2. The number of imidazole rings is 1. The average Bonchev–Trinajstić information content (AvgIpc) is 3.31. The molecule has 2 N–H and O–H groups in total. The number of aryl methyl sites for hydroxylation is 1. The van der Waals surface area contributed by atoms with Crippen LogP contribution in [0.15, 0.2) is 29.2 Å². The highest BCUT2D eigenvalue weighted by Crippen LogP contribution is 2.24. The molecule has 0 unspecified atom stereocenters. The largest absolute Gasteiger partial charge is 0.465 e. The molecule has 1 fully saturated rings. The Morgan fingerprint density at radius 1 is 1.26 bits per heavy atom. The molecule has 4 rings (SSSR count). The third-order valence-electron chi connectivity index (χ3n) is 5.31. The molecule has 27 heavy (non-hydrogen) atoms. The molecule has 0 saturated carbocycles. The van der Waals surface area contributed by atoms with Gasteiger partial charge in [0.25, 0.3) is 0 Å². The summed E-state index contributed by atoms with van der Waals surface area (Å²) in [6.45, 7) is 4.80. The van der Waals surface area contributed by atoms with Crippen LogP contribution >= 0.6 is 0 Å². The first-order valence-corrected chi connectivity index (χ1v) is 9.47. The minimum absolute atomic E-state index is 0.239. The van der Waals surface area contributed by atoms with Gasteiger partial charge in [0, 0.05) is 25.7 Å². The predicted molar refractivity (Wildman–Crippen MR) is 105 cm³/mol. The van der Waals surface area contributed by atoms with E-state index in [0.717, 1.165) is 61.0 Å². The molecule has 1 atom stereocenters. The molecule has 1 aliphatic heterocycles. The molecule has 0 bridgehead atoms. The van der Waals surface area contributed by atoms with E-state index in [1.54, 1.807) is 12.7 Å². The lowest BCUT2D eigenvalue weighted by Crippen LogP contribution is -2.45. The van der Waals surface area contributed by atoms with E-state index in [9.17, 15) is 0 Å². The Kier molecular flexibility index (Phi) is 5.09. The van der Waals surface area contributed by atoms with Crippen LogP contribution in [0.4, 0.5) is 5.82 Å². The van der Waals surface area contributed by atoms with E-state index in [2.05, 4.69) is 55.2 Å². The average molecular weight is 369 g/mol. The number of piperidine rings is 1. The van der Waals surface area contributed by atoms with Crippen LogP contribution < -0.4 is 10.2 Å². The smallest absolute Gasteiger partial charge is 0.182 e. The standard InChI is InChI=1S/C19H27N7O/c1-13-4-5-16(27-13)15(25(2)3)10-20-14-6-8-26(9-7-14)19-17-18(22-11-21-17)23-12-24-19/h4-5,11-12,14-15,20H,6-10H2,1-3H3,(H,21,22,23,24)/t15-/m1/s1. The van der Waals surface area contributed by atoms with Gasteiger partial charge in [-0.1, -0.05) is 0 Å². The van der Waals surface area contributed by atoms with E-state index in [0.29, 0.717) is 6.04 Å². The van der Waals surface area contributed by atoms with Gasteiger partial charge in [-0.05, 0) is 46.0 Å². The Morgan fingerprint density at radius 2 is 2.07 bits per heavy atom. The van der Waals surface area contributed by atoms with Gasteiger partial charge in [0.2, 0.25) is 0 Å². The van der Waals surface area contributed by atoms with Gasteiger partial charge in [0.05, 0.1) is 12.4 Å². The van der Waals surface area contributed by atoms with Crippen molar-refractivity contribution >= 4 is 17.0 Å². The second-order valence-corrected chi connectivity index (χ2v) is 7.40. The molecule has 4 heterocycles. The monoisotopic (exact) mass is 369 g/mol. The van der Waals surface area contributed by atoms with Gasteiger partial charge in [-0.25, -0.2) is 15.0 Å².